The molecule has 0 atom stereocenters. The number of alkyl halides is 10. The molecule has 0 heterocycles. The monoisotopic (exact) mass is 755 g/mol. The normalized spacial score (nSPS) is 12.8. The van der Waals surface area contributed by atoms with Crippen LogP contribution in [0.5, 0.6) is 0 Å². The van der Waals surface area contributed by atoms with Gasteiger partial charge in [-0.15, -0.1) is 11.8 Å². The molecule has 0 unspecified atom stereocenters. The third-order valence-corrected chi connectivity index (χ3v) is 8.00. The molecule has 0 aliphatic rings. The maximum atomic E-state index is 15.4. The van der Waals surface area contributed by atoms with Crippen molar-refractivity contribution in [3.05, 3.63) is 91.8 Å². The van der Waals surface area contributed by atoms with E-state index in [0.29, 0.717) is 0 Å². The lowest BCUT2D eigenvalue weighted by Gasteiger charge is -2.31. The second-order valence-corrected chi connectivity index (χ2v) is 11.0. The summed E-state index contributed by atoms with van der Waals surface area (Å²) in [5.41, 5.74) is -12.9. The molecule has 0 spiro atoms. The van der Waals surface area contributed by atoms with Gasteiger partial charge in [0.2, 0.25) is 0 Å². The number of benzene rings is 3. The van der Waals surface area contributed by atoms with Crippen LogP contribution in [0.3, 0.4) is 0 Å². The van der Waals surface area contributed by atoms with E-state index in [1.807, 2.05) is 0 Å². The molecule has 0 radical (unpaired) electrons. The number of Topliss-reactive ketones (excluding diaryl/α,β-unsaturated/α-hetero) is 1. The summed E-state index contributed by atoms with van der Waals surface area (Å²) in [5, 5.41) is 0. The van der Waals surface area contributed by atoms with Crippen molar-refractivity contribution in [3.63, 3.8) is 0 Å². The van der Waals surface area contributed by atoms with E-state index < -0.39 is 85.7 Å². The van der Waals surface area contributed by atoms with Crippen molar-refractivity contribution in [3.8, 4) is 0 Å². The van der Waals surface area contributed by atoms with Crippen LogP contribution in [0.1, 0.15) is 37.4 Å². The topological polar surface area (TPSA) is 37.4 Å². The summed E-state index contributed by atoms with van der Waals surface area (Å²) < 4.78 is 150. The number of halogens is 12. The number of rotatable bonds is 7. The SMILES string of the molecule is CSc1ccc(C(=O)N(C)c2cccc(C(=O)Cc3c(I)cc(C(F)(C(F)(F)F)C(F)(F)F)cc3C(F)(F)F)c2F)cc1. The van der Waals surface area contributed by atoms with E-state index in [0.717, 1.165) is 50.6 Å². The molecule has 3 aromatic rings. The molecule has 1 amide bonds. The zero-order chi connectivity index (χ0) is 32.7. The fraction of sp³-hybridized carbons (Fsp3) is 0.259. The standard InChI is InChI=1S/C27H17F11INO2S/c1-40(23(42)13-6-8-15(43-2)9-7-13)20-5-3-4-16(22(20)28)21(41)12-17-18(25(30,31)32)10-14(11-19(17)39)24(29,26(33,34)35)27(36,37)38/h3-11H,12H2,1-2H3. The minimum atomic E-state index is -6.68. The molecule has 0 N–H and O–H groups in total. The Bertz CT molecular complexity index is 1520. The molecule has 0 bridgehead atoms. The number of nitrogens with zero attached hydrogens (tertiary/aromatic N) is 1. The molecule has 3 nitrogen and oxygen atoms in total. The zero-order valence-corrected chi connectivity index (χ0v) is 24.6. The molecule has 16 heteroatoms. The minimum Gasteiger partial charge on any atom is -0.309 e. The lowest BCUT2D eigenvalue weighted by atomic mass is 9.89. The highest BCUT2D eigenvalue weighted by molar-refractivity contribution is 14.1. The maximum absolute atomic E-state index is 15.4. The fourth-order valence-corrected chi connectivity index (χ4v) is 5.27. The van der Waals surface area contributed by atoms with Gasteiger partial charge in [0.05, 0.1) is 16.8 Å². The molecule has 0 saturated carbocycles. The summed E-state index contributed by atoms with van der Waals surface area (Å²) in [4.78, 5) is 27.5. The number of hydrogen-bond donors (Lipinski definition) is 0. The minimum absolute atomic E-state index is 0.0963. The first-order valence-electron chi connectivity index (χ1n) is 11.6. The average Bonchev–Trinajstić information content (AvgIpc) is 2.90. The van der Waals surface area contributed by atoms with E-state index >= 15 is 4.39 Å². The Morgan fingerprint density at radius 1 is 0.860 bits per heavy atom. The quantitative estimate of drug-likeness (QED) is 0.105. The molecule has 3 rings (SSSR count). The largest absolute Gasteiger partial charge is 0.435 e. The van der Waals surface area contributed by atoms with Crippen LogP contribution < -0.4 is 4.90 Å². The summed E-state index contributed by atoms with van der Waals surface area (Å²) in [5.74, 6) is -3.37. The molecule has 0 aliphatic carbocycles. The van der Waals surface area contributed by atoms with Crippen molar-refractivity contribution in [2.24, 2.45) is 0 Å². The molecule has 232 valence electrons. The Kier molecular flexibility index (Phi) is 9.85. The summed E-state index contributed by atoms with van der Waals surface area (Å²) in [6, 6.07) is 8.53. The number of hydrogen-bond acceptors (Lipinski definition) is 3. The van der Waals surface area contributed by atoms with Gasteiger partial charge in [0.15, 0.2) is 11.6 Å². The van der Waals surface area contributed by atoms with Gasteiger partial charge in [0, 0.05) is 33.1 Å². The Morgan fingerprint density at radius 3 is 1.91 bits per heavy atom. The first-order chi connectivity index (χ1) is 19.6. The molecule has 43 heavy (non-hydrogen) atoms. The van der Waals surface area contributed by atoms with Crippen molar-refractivity contribution in [2.45, 2.75) is 35.5 Å². The Labute approximate surface area is 254 Å². The van der Waals surface area contributed by atoms with Gasteiger partial charge in [0.25, 0.3) is 5.91 Å². The molecular formula is C27H17F11INO2S. The summed E-state index contributed by atoms with van der Waals surface area (Å²) in [6.45, 7) is 0. The summed E-state index contributed by atoms with van der Waals surface area (Å²) >= 11 is 2.34. The molecule has 0 saturated heterocycles. The number of amides is 1. The highest BCUT2D eigenvalue weighted by Crippen LogP contribution is 2.54. The van der Waals surface area contributed by atoms with Gasteiger partial charge in [-0.1, -0.05) is 6.07 Å². The predicted octanol–water partition coefficient (Wildman–Crippen LogP) is 9.16. The molecule has 0 aromatic heterocycles. The molecule has 3 aromatic carbocycles. The van der Waals surface area contributed by atoms with Gasteiger partial charge < -0.3 is 4.90 Å². The van der Waals surface area contributed by atoms with E-state index in [1.54, 1.807) is 18.4 Å². The first kappa shape index (κ1) is 34.6. The first-order valence-corrected chi connectivity index (χ1v) is 13.9. The van der Waals surface area contributed by atoms with Gasteiger partial charge in [-0.05, 0) is 82.9 Å². The number of ketones is 1. The smallest absolute Gasteiger partial charge is 0.309 e. The van der Waals surface area contributed by atoms with E-state index in [9.17, 15) is 53.5 Å². The lowest BCUT2D eigenvalue weighted by molar-refractivity contribution is -0.348. The Morgan fingerprint density at radius 2 is 1.42 bits per heavy atom. The van der Waals surface area contributed by atoms with Gasteiger partial charge in [-0.2, -0.15) is 39.5 Å². The second-order valence-electron chi connectivity index (χ2n) is 8.97. The fourth-order valence-electron chi connectivity index (χ4n) is 4.04. The van der Waals surface area contributed by atoms with Crippen LogP contribution in [-0.2, 0) is 18.3 Å². The average molecular weight is 755 g/mol. The Balaban J connectivity index is 2.05. The van der Waals surface area contributed by atoms with Crippen molar-refractivity contribution in [2.75, 3.05) is 18.2 Å². The summed E-state index contributed by atoms with van der Waals surface area (Å²) in [6.07, 6.45) is -18.5. The number of carbonyl (C=O) groups is 2. The van der Waals surface area contributed by atoms with Crippen LogP contribution in [0.4, 0.5) is 54.0 Å². The lowest BCUT2D eigenvalue weighted by Crippen LogP contribution is -2.50. The van der Waals surface area contributed by atoms with Crippen molar-refractivity contribution >= 4 is 51.7 Å². The predicted molar refractivity (Wildman–Crippen MR) is 144 cm³/mol. The third-order valence-electron chi connectivity index (χ3n) is 6.30. The van der Waals surface area contributed by atoms with Gasteiger partial charge in [-0.3, -0.25) is 9.59 Å². The van der Waals surface area contributed by atoms with Gasteiger partial charge >= 0.3 is 24.2 Å². The molecule has 0 aliphatic heterocycles. The van der Waals surface area contributed by atoms with Crippen LogP contribution in [0, 0.1) is 9.39 Å². The van der Waals surface area contributed by atoms with Crippen LogP contribution in [0.2, 0.25) is 0 Å². The van der Waals surface area contributed by atoms with Crippen LogP contribution >= 0.6 is 34.4 Å². The van der Waals surface area contributed by atoms with Crippen molar-refractivity contribution in [1.29, 1.82) is 0 Å². The van der Waals surface area contributed by atoms with E-state index in [2.05, 4.69) is 0 Å². The third kappa shape index (κ3) is 6.78. The van der Waals surface area contributed by atoms with Crippen molar-refractivity contribution < 1.29 is 57.9 Å². The number of thioether (sulfide) groups is 1. The molecule has 0 fully saturated rings. The van der Waals surface area contributed by atoms with Gasteiger partial charge in [-0.25, -0.2) is 8.78 Å². The van der Waals surface area contributed by atoms with E-state index in [1.165, 1.54) is 30.9 Å². The maximum Gasteiger partial charge on any atom is 0.435 e. The number of anilines is 1. The van der Waals surface area contributed by atoms with Crippen molar-refractivity contribution in [1.82, 2.24) is 0 Å². The van der Waals surface area contributed by atoms with Gasteiger partial charge in [0.1, 0.15) is 0 Å². The molecular weight excluding hydrogens is 738 g/mol. The Hall–Kier alpha value is -2.89. The zero-order valence-electron chi connectivity index (χ0n) is 21.6. The van der Waals surface area contributed by atoms with E-state index in [-0.39, 0.29) is 11.6 Å². The number of carbonyl (C=O) groups excluding carboxylic acids is 2. The summed E-state index contributed by atoms with van der Waals surface area (Å²) in [7, 11) is 1.17. The second kappa shape index (κ2) is 12.2. The van der Waals surface area contributed by atoms with Crippen LogP contribution in [0.25, 0.3) is 0 Å². The highest BCUT2D eigenvalue weighted by atomic mass is 127. The van der Waals surface area contributed by atoms with Crippen LogP contribution in [0.15, 0.2) is 59.5 Å². The van der Waals surface area contributed by atoms with E-state index in [4.69, 9.17) is 0 Å². The highest BCUT2D eigenvalue weighted by Gasteiger charge is 2.73. The van der Waals surface area contributed by atoms with Crippen LogP contribution in [-0.4, -0.2) is 37.3 Å².